The number of hydrogen-bond acceptors (Lipinski definition) is 3. The molecule has 2 aromatic carbocycles. The molecule has 4 nitrogen and oxygen atoms in total. The number of H-pyrrole nitrogens is 1. The van der Waals surface area contributed by atoms with E-state index in [-0.39, 0.29) is 0 Å². The van der Waals surface area contributed by atoms with Crippen LogP contribution in [-0.2, 0) is 13.1 Å². The average Bonchev–Trinajstić information content (AvgIpc) is 3.18. The summed E-state index contributed by atoms with van der Waals surface area (Å²) < 4.78 is 0. The van der Waals surface area contributed by atoms with Crippen LogP contribution in [0.5, 0.6) is 0 Å². The van der Waals surface area contributed by atoms with Gasteiger partial charge in [-0.25, -0.2) is 0 Å². The summed E-state index contributed by atoms with van der Waals surface area (Å²) in [5.74, 6) is 0. The van der Waals surface area contributed by atoms with E-state index >= 15 is 0 Å². The summed E-state index contributed by atoms with van der Waals surface area (Å²) in [6, 6.07) is 21.9. The minimum absolute atomic E-state index is 0.603. The molecular formula is C23H28N4. The first-order valence-corrected chi connectivity index (χ1v) is 9.84. The van der Waals surface area contributed by atoms with Crippen molar-refractivity contribution in [2.75, 3.05) is 20.1 Å². The largest absolute Gasteiger partial charge is 0.298 e. The van der Waals surface area contributed by atoms with E-state index in [0.717, 1.165) is 31.9 Å². The fraction of sp³-hybridized carbons (Fsp3) is 0.348. The van der Waals surface area contributed by atoms with E-state index in [1.54, 1.807) is 0 Å². The molecule has 1 atom stereocenters. The second-order valence-corrected chi connectivity index (χ2v) is 7.57. The predicted octanol–water partition coefficient (Wildman–Crippen LogP) is 4.17. The zero-order valence-electron chi connectivity index (χ0n) is 16.0. The second-order valence-electron chi connectivity index (χ2n) is 7.57. The van der Waals surface area contributed by atoms with Crippen molar-refractivity contribution >= 4 is 0 Å². The summed E-state index contributed by atoms with van der Waals surface area (Å²) in [5, 5.41) is 7.50. The fourth-order valence-corrected chi connectivity index (χ4v) is 4.06. The van der Waals surface area contributed by atoms with Gasteiger partial charge in [-0.2, -0.15) is 5.10 Å². The number of nitrogens with one attached hydrogen (secondary N) is 1. The van der Waals surface area contributed by atoms with Crippen LogP contribution < -0.4 is 0 Å². The van der Waals surface area contributed by atoms with Crippen LogP contribution in [0.4, 0.5) is 0 Å². The standard InChI is InChI=1S/C23H28N4/c1-26(16-19-9-4-2-5-10-19)22-13-8-14-27(18-22)17-21-15-24-25-23(21)20-11-6-3-7-12-20/h2-7,9-12,15,22H,8,13-14,16-18H2,1H3,(H,24,25)/t22-/m1/s1. The van der Waals surface area contributed by atoms with Crippen LogP contribution in [-0.4, -0.2) is 46.2 Å². The molecule has 27 heavy (non-hydrogen) atoms. The van der Waals surface area contributed by atoms with E-state index in [9.17, 15) is 0 Å². The van der Waals surface area contributed by atoms with E-state index in [1.165, 1.54) is 29.5 Å². The normalized spacial score (nSPS) is 18.1. The average molecular weight is 361 g/mol. The number of likely N-dealkylation sites (N-methyl/N-ethyl adjacent to an activating group) is 1. The molecule has 1 saturated heterocycles. The first-order valence-electron chi connectivity index (χ1n) is 9.84. The molecule has 1 aliphatic rings. The Kier molecular flexibility index (Phi) is 5.66. The fourth-order valence-electron chi connectivity index (χ4n) is 4.06. The molecule has 0 saturated carbocycles. The first-order chi connectivity index (χ1) is 13.3. The third kappa shape index (κ3) is 4.46. The van der Waals surface area contributed by atoms with E-state index in [2.05, 4.69) is 87.7 Å². The zero-order valence-corrected chi connectivity index (χ0v) is 16.0. The lowest BCUT2D eigenvalue weighted by Crippen LogP contribution is -2.45. The summed E-state index contributed by atoms with van der Waals surface area (Å²) in [5.41, 5.74) is 5.03. The Morgan fingerprint density at radius 3 is 2.59 bits per heavy atom. The molecule has 140 valence electrons. The van der Waals surface area contributed by atoms with Crippen LogP contribution in [0.3, 0.4) is 0 Å². The maximum atomic E-state index is 4.31. The Bertz CT molecular complexity index is 828. The van der Waals surface area contributed by atoms with Crippen LogP contribution >= 0.6 is 0 Å². The molecule has 0 unspecified atom stereocenters. The van der Waals surface area contributed by atoms with Gasteiger partial charge >= 0.3 is 0 Å². The highest BCUT2D eigenvalue weighted by Gasteiger charge is 2.24. The molecule has 4 rings (SSSR count). The third-order valence-electron chi connectivity index (χ3n) is 5.55. The molecule has 0 spiro atoms. The number of aromatic nitrogens is 2. The number of hydrogen-bond donors (Lipinski definition) is 1. The van der Waals surface area contributed by atoms with E-state index < -0.39 is 0 Å². The molecule has 1 N–H and O–H groups in total. The minimum Gasteiger partial charge on any atom is -0.298 e. The summed E-state index contributed by atoms with van der Waals surface area (Å²) in [6.45, 7) is 4.24. The molecular weight excluding hydrogens is 332 g/mol. The summed E-state index contributed by atoms with van der Waals surface area (Å²) in [7, 11) is 2.26. The highest BCUT2D eigenvalue weighted by atomic mass is 15.2. The quantitative estimate of drug-likeness (QED) is 0.716. The minimum atomic E-state index is 0.603. The van der Waals surface area contributed by atoms with Gasteiger partial charge in [0.2, 0.25) is 0 Å². The number of likely N-dealkylation sites (tertiary alicyclic amines) is 1. The van der Waals surface area contributed by atoms with Crippen molar-refractivity contribution in [3.63, 3.8) is 0 Å². The maximum Gasteiger partial charge on any atom is 0.0695 e. The Morgan fingerprint density at radius 1 is 1.07 bits per heavy atom. The van der Waals surface area contributed by atoms with Crippen LogP contribution in [0.1, 0.15) is 24.0 Å². The lowest BCUT2D eigenvalue weighted by molar-refractivity contribution is 0.107. The molecule has 4 heteroatoms. The van der Waals surface area contributed by atoms with Crippen LogP contribution in [0, 0.1) is 0 Å². The number of piperidine rings is 1. The molecule has 1 fully saturated rings. The molecule has 0 aliphatic carbocycles. The molecule has 0 bridgehead atoms. The van der Waals surface area contributed by atoms with Gasteiger partial charge in [-0.15, -0.1) is 0 Å². The van der Waals surface area contributed by atoms with Gasteiger partial charge in [-0.05, 0) is 37.6 Å². The molecule has 0 radical (unpaired) electrons. The van der Waals surface area contributed by atoms with Crippen molar-refractivity contribution in [3.05, 3.63) is 78.0 Å². The molecule has 2 heterocycles. The lowest BCUT2D eigenvalue weighted by atomic mass is 10.0. The smallest absolute Gasteiger partial charge is 0.0695 e. The number of rotatable bonds is 6. The van der Waals surface area contributed by atoms with Gasteiger partial charge < -0.3 is 0 Å². The first kappa shape index (κ1) is 18.0. The van der Waals surface area contributed by atoms with Crippen molar-refractivity contribution < 1.29 is 0 Å². The van der Waals surface area contributed by atoms with Gasteiger partial charge in [0.25, 0.3) is 0 Å². The van der Waals surface area contributed by atoms with Crippen LogP contribution in [0.2, 0.25) is 0 Å². The molecule has 1 aliphatic heterocycles. The monoisotopic (exact) mass is 360 g/mol. The topological polar surface area (TPSA) is 35.2 Å². The highest BCUT2D eigenvalue weighted by molar-refractivity contribution is 5.62. The lowest BCUT2D eigenvalue weighted by Gasteiger charge is -2.37. The SMILES string of the molecule is CN(Cc1ccccc1)[C@@H]1CCCN(Cc2cn[nH]c2-c2ccccc2)C1. The van der Waals surface area contributed by atoms with Crippen LogP contribution in [0.15, 0.2) is 66.9 Å². The molecule has 3 aromatic rings. The Labute approximate surface area is 161 Å². The van der Waals surface area contributed by atoms with Gasteiger partial charge in [-0.3, -0.25) is 14.9 Å². The third-order valence-corrected chi connectivity index (χ3v) is 5.55. The van der Waals surface area contributed by atoms with E-state index in [1.807, 2.05) is 6.20 Å². The summed E-state index contributed by atoms with van der Waals surface area (Å²) in [6.07, 6.45) is 4.51. The number of benzene rings is 2. The number of nitrogens with zero attached hydrogens (tertiary/aromatic N) is 3. The van der Waals surface area contributed by atoms with Gasteiger partial charge in [0.1, 0.15) is 0 Å². The second kappa shape index (κ2) is 8.51. The number of aromatic amines is 1. The van der Waals surface area contributed by atoms with Crippen molar-refractivity contribution in [1.29, 1.82) is 0 Å². The molecule has 0 amide bonds. The Hall–Kier alpha value is -2.43. The zero-order chi connectivity index (χ0) is 18.5. The van der Waals surface area contributed by atoms with Crippen molar-refractivity contribution in [1.82, 2.24) is 20.0 Å². The summed E-state index contributed by atoms with van der Waals surface area (Å²) in [4.78, 5) is 5.09. The maximum absolute atomic E-state index is 4.31. The van der Waals surface area contributed by atoms with Crippen molar-refractivity contribution in [3.8, 4) is 11.3 Å². The van der Waals surface area contributed by atoms with Gasteiger partial charge in [0, 0.05) is 31.2 Å². The highest BCUT2D eigenvalue weighted by Crippen LogP contribution is 2.24. The van der Waals surface area contributed by atoms with Gasteiger partial charge in [-0.1, -0.05) is 60.7 Å². The molecule has 1 aromatic heterocycles. The van der Waals surface area contributed by atoms with Gasteiger partial charge in [0.15, 0.2) is 0 Å². The van der Waals surface area contributed by atoms with E-state index in [0.29, 0.717) is 6.04 Å². The summed E-state index contributed by atoms with van der Waals surface area (Å²) >= 11 is 0. The van der Waals surface area contributed by atoms with Crippen molar-refractivity contribution in [2.24, 2.45) is 0 Å². The Balaban J connectivity index is 1.40. The predicted molar refractivity (Wildman–Crippen MR) is 110 cm³/mol. The van der Waals surface area contributed by atoms with E-state index in [4.69, 9.17) is 0 Å². The Morgan fingerprint density at radius 2 is 1.81 bits per heavy atom. The van der Waals surface area contributed by atoms with Crippen LogP contribution in [0.25, 0.3) is 11.3 Å². The van der Waals surface area contributed by atoms with Gasteiger partial charge in [0.05, 0.1) is 11.9 Å². The van der Waals surface area contributed by atoms with Crippen molar-refractivity contribution in [2.45, 2.75) is 32.0 Å².